The van der Waals surface area contributed by atoms with E-state index in [0.29, 0.717) is 5.92 Å². The van der Waals surface area contributed by atoms with E-state index >= 15 is 0 Å². The Balaban J connectivity index is 1.72. The van der Waals surface area contributed by atoms with Crippen molar-refractivity contribution in [3.05, 3.63) is 42.2 Å². The predicted molar refractivity (Wildman–Crippen MR) is 95.3 cm³/mol. The molecule has 126 valence electrons. The maximum absolute atomic E-state index is 5.49. The molecule has 2 saturated heterocycles. The van der Waals surface area contributed by atoms with Gasteiger partial charge in [-0.05, 0) is 25.9 Å². The molecule has 5 heteroatoms. The Labute approximate surface area is 143 Å². The maximum Gasteiger partial charge on any atom is 0.134 e. The van der Waals surface area contributed by atoms with Gasteiger partial charge in [-0.2, -0.15) is 0 Å². The Bertz CT molecular complexity index is 628. The number of morpholine rings is 1. The molecule has 0 aliphatic carbocycles. The van der Waals surface area contributed by atoms with Crippen LogP contribution in [0.4, 0.5) is 5.82 Å². The Morgan fingerprint density at radius 1 is 1.00 bits per heavy atom. The molecule has 4 rings (SSSR count). The van der Waals surface area contributed by atoms with Crippen LogP contribution in [0.15, 0.2) is 36.4 Å². The summed E-state index contributed by atoms with van der Waals surface area (Å²) in [6.07, 6.45) is 2.22. The van der Waals surface area contributed by atoms with Gasteiger partial charge in [-0.3, -0.25) is 0 Å². The van der Waals surface area contributed by atoms with E-state index in [-0.39, 0.29) is 0 Å². The Hall–Kier alpha value is -1.98. The van der Waals surface area contributed by atoms with Crippen LogP contribution in [-0.4, -0.2) is 49.4 Å². The highest BCUT2D eigenvalue weighted by atomic mass is 16.5. The van der Waals surface area contributed by atoms with Crippen LogP contribution in [-0.2, 0) is 4.74 Å². The molecule has 2 aliphatic rings. The number of aromatic nitrogens is 2. The normalized spacial score (nSPS) is 19.4. The summed E-state index contributed by atoms with van der Waals surface area (Å²) >= 11 is 0. The molecule has 0 spiro atoms. The van der Waals surface area contributed by atoms with Gasteiger partial charge in [-0.25, -0.2) is 9.97 Å². The number of rotatable bonds is 3. The average Bonchev–Trinajstić information content (AvgIpc) is 2.70. The average molecular weight is 324 g/mol. The molecule has 2 fully saturated rings. The topological polar surface area (TPSA) is 50.3 Å². The molecular formula is C19H24N4O. The third kappa shape index (κ3) is 3.42. The van der Waals surface area contributed by atoms with Crippen LogP contribution in [0.25, 0.3) is 11.3 Å². The summed E-state index contributed by atoms with van der Waals surface area (Å²) in [7, 11) is 0. The first-order valence-electron chi connectivity index (χ1n) is 8.88. The molecule has 0 amide bonds. The summed E-state index contributed by atoms with van der Waals surface area (Å²) in [4.78, 5) is 12.2. The lowest BCUT2D eigenvalue weighted by molar-refractivity contribution is 0.122. The van der Waals surface area contributed by atoms with E-state index in [2.05, 4.69) is 40.5 Å². The van der Waals surface area contributed by atoms with Crippen LogP contribution in [0, 0.1) is 0 Å². The number of piperidine rings is 1. The highest BCUT2D eigenvalue weighted by molar-refractivity contribution is 5.63. The standard InChI is InChI=1S/C19H24N4O/c1-2-4-15(5-3-1)17-14-18(23-10-12-24-13-11-23)22-19(21-17)16-6-8-20-9-7-16/h1-5,14,16,20H,6-13H2. The molecule has 1 aromatic carbocycles. The largest absolute Gasteiger partial charge is 0.378 e. The fourth-order valence-corrected chi connectivity index (χ4v) is 3.43. The first-order chi connectivity index (χ1) is 11.9. The molecule has 1 N–H and O–H groups in total. The van der Waals surface area contributed by atoms with Gasteiger partial charge in [0.15, 0.2) is 0 Å². The SMILES string of the molecule is c1ccc(-c2cc(N3CCOCC3)nc(C3CCNCC3)n2)cc1. The van der Waals surface area contributed by atoms with Crippen LogP contribution in [0.2, 0.25) is 0 Å². The zero-order valence-electron chi connectivity index (χ0n) is 13.9. The van der Waals surface area contributed by atoms with Gasteiger partial charge in [0.05, 0.1) is 18.9 Å². The quantitative estimate of drug-likeness (QED) is 0.940. The summed E-state index contributed by atoms with van der Waals surface area (Å²) in [6, 6.07) is 12.5. The third-order valence-corrected chi connectivity index (χ3v) is 4.84. The van der Waals surface area contributed by atoms with E-state index in [1.807, 2.05) is 6.07 Å². The molecule has 1 aromatic heterocycles. The molecule has 0 atom stereocenters. The molecule has 0 saturated carbocycles. The van der Waals surface area contributed by atoms with Gasteiger partial charge < -0.3 is 15.0 Å². The number of nitrogens with one attached hydrogen (secondary N) is 1. The van der Waals surface area contributed by atoms with Crippen LogP contribution < -0.4 is 10.2 Å². The minimum absolute atomic E-state index is 0.453. The van der Waals surface area contributed by atoms with Gasteiger partial charge >= 0.3 is 0 Å². The summed E-state index contributed by atoms with van der Waals surface area (Å²) in [5, 5.41) is 3.43. The summed E-state index contributed by atoms with van der Waals surface area (Å²) < 4.78 is 5.49. The van der Waals surface area contributed by atoms with E-state index in [0.717, 1.165) is 75.1 Å². The minimum atomic E-state index is 0.453. The highest BCUT2D eigenvalue weighted by Gasteiger charge is 2.22. The van der Waals surface area contributed by atoms with Crippen LogP contribution in [0.3, 0.4) is 0 Å². The zero-order chi connectivity index (χ0) is 16.2. The molecule has 3 heterocycles. The molecular weight excluding hydrogens is 300 g/mol. The van der Waals surface area contributed by atoms with Crippen LogP contribution in [0.5, 0.6) is 0 Å². The van der Waals surface area contributed by atoms with E-state index < -0.39 is 0 Å². The fraction of sp³-hybridized carbons (Fsp3) is 0.474. The molecule has 0 radical (unpaired) electrons. The molecule has 5 nitrogen and oxygen atoms in total. The van der Waals surface area contributed by atoms with Crippen molar-refractivity contribution in [1.82, 2.24) is 15.3 Å². The van der Waals surface area contributed by atoms with Crippen LogP contribution in [0.1, 0.15) is 24.6 Å². The second-order valence-corrected chi connectivity index (χ2v) is 6.46. The molecule has 0 unspecified atom stereocenters. The predicted octanol–water partition coefficient (Wildman–Crippen LogP) is 2.45. The van der Waals surface area contributed by atoms with E-state index in [1.54, 1.807) is 0 Å². The molecule has 0 bridgehead atoms. The van der Waals surface area contributed by atoms with Gasteiger partial charge in [0.25, 0.3) is 0 Å². The van der Waals surface area contributed by atoms with Gasteiger partial charge in [-0.15, -0.1) is 0 Å². The van der Waals surface area contributed by atoms with E-state index in [4.69, 9.17) is 14.7 Å². The summed E-state index contributed by atoms with van der Waals surface area (Å²) in [5.41, 5.74) is 2.19. The molecule has 24 heavy (non-hydrogen) atoms. The van der Waals surface area contributed by atoms with Crippen molar-refractivity contribution in [3.63, 3.8) is 0 Å². The first-order valence-corrected chi connectivity index (χ1v) is 8.88. The zero-order valence-corrected chi connectivity index (χ0v) is 13.9. The van der Waals surface area contributed by atoms with E-state index in [1.165, 1.54) is 0 Å². The van der Waals surface area contributed by atoms with E-state index in [9.17, 15) is 0 Å². The Kier molecular flexibility index (Phi) is 4.71. The van der Waals surface area contributed by atoms with Crippen molar-refractivity contribution >= 4 is 5.82 Å². The Morgan fingerprint density at radius 2 is 1.75 bits per heavy atom. The lowest BCUT2D eigenvalue weighted by Crippen LogP contribution is -2.37. The monoisotopic (exact) mass is 324 g/mol. The second-order valence-electron chi connectivity index (χ2n) is 6.46. The summed E-state index contributed by atoms with van der Waals surface area (Å²) in [5.74, 6) is 2.50. The molecule has 2 aromatic rings. The van der Waals surface area contributed by atoms with Crippen molar-refractivity contribution in [2.24, 2.45) is 0 Å². The number of hydrogen-bond acceptors (Lipinski definition) is 5. The van der Waals surface area contributed by atoms with Crippen molar-refractivity contribution in [3.8, 4) is 11.3 Å². The number of anilines is 1. The van der Waals surface area contributed by atoms with Crippen molar-refractivity contribution in [2.75, 3.05) is 44.3 Å². The van der Waals surface area contributed by atoms with Gasteiger partial charge in [0.2, 0.25) is 0 Å². The summed E-state index contributed by atoms with van der Waals surface area (Å²) in [6.45, 7) is 5.45. The fourth-order valence-electron chi connectivity index (χ4n) is 3.43. The van der Waals surface area contributed by atoms with Crippen molar-refractivity contribution < 1.29 is 4.74 Å². The number of nitrogens with zero attached hydrogens (tertiary/aromatic N) is 3. The Morgan fingerprint density at radius 3 is 2.50 bits per heavy atom. The van der Waals surface area contributed by atoms with Crippen molar-refractivity contribution in [1.29, 1.82) is 0 Å². The lowest BCUT2D eigenvalue weighted by Gasteiger charge is -2.29. The number of ether oxygens (including phenoxy) is 1. The van der Waals surface area contributed by atoms with Gasteiger partial charge in [-0.1, -0.05) is 30.3 Å². The maximum atomic E-state index is 5.49. The van der Waals surface area contributed by atoms with Gasteiger partial charge in [0.1, 0.15) is 11.6 Å². The number of benzene rings is 1. The second kappa shape index (κ2) is 7.28. The highest BCUT2D eigenvalue weighted by Crippen LogP contribution is 2.28. The number of hydrogen-bond donors (Lipinski definition) is 1. The lowest BCUT2D eigenvalue weighted by atomic mass is 9.97. The van der Waals surface area contributed by atoms with Crippen LogP contribution >= 0.6 is 0 Å². The smallest absolute Gasteiger partial charge is 0.134 e. The first kappa shape index (κ1) is 15.5. The molecule has 2 aliphatic heterocycles. The third-order valence-electron chi connectivity index (χ3n) is 4.84. The van der Waals surface area contributed by atoms with Crippen molar-refractivity contribution in [2.45, 2.75) is 18.8 Å². The van der Waals surface area contributed by atoms with Gasteiger partial charge in [0, 0.05) is 30.6 Å². The minimum Gasteiger partial charge on any atom is -0.378 e.